The first-order chi connectivity index (χ1) is 9.11. The summed E-state index contributed by atoms with van der Waals surface area (Å²) < 4.78 is 5.00. The van der Waals surface area contributed by atoms with Gasteiger partial charge in [0.05, 0.1) is 5.69 Å². The van der Waals surface area contributed by atoms with E-state index in [9.17, 15) is 14.7 Å². The Kier molecular flexibility index (Phi) is 3.00. The number of hydrogen-bond donors (Lipinski definition) is 2. The molecule has 1 aromatic heterocycles. The highest BCUT2D eigenvalue weighted by Crippen LogP contribution is 2.39. The third-order valence-corrected chi connectivity index (χ3v) is 4.72. The monoisotopic (exact) mass is 282 g/mol. The number of aliphatic carboxylic acids is 1. The van der Waals surface area contributed by atoms with Crippen molar-refractivity contribution < 1.29 is 19.2 Å². The normalized spacial score (nSPS) is 26.3. The topological polar surface area (TPSA) is 92.4 Å². The van der Waals surface area contributed by atoms with Gasteiger partial charge in [-0.05, 0) is 25.0 Å². The molecule has 1 unspecified atom stereocenters. The van der Waals surface area contributed by atoms with Crippen molar-refractivity contribution in [3.05, 3.63) is 17.5 Å². The molecule has 2 fully saturated rings. The van der Waals surface area contributed by atoms with Crippen LogP contribution in [-0.4, -0.2) is 39.2 Å². The van der Waals surface area contributed by atoms with Crippen molar-refractivity contribution in [2.75, 3.05) is 11.5 Å². The molecule has 1 amide bonds. The quantitative estimate of drug-likeness (QED) is 0.863. The van der Waals surface area contributed by atoms with Gasteiger partial charge < -0.3 is 14.9 Å². The maximum Gasteiger partial charge on any atom is 0.330 e. The lowest BCUT2D eigenvalue weighted by molar-refractivity contribution is -0.143. The molecule has 1 saturated heterocycles. The van der Waals surface area contributed by atoms with Crippen LogP contribution in [0.5, 0.6) is 0 Å². The van der Waals surface area contributed by atoms with Crippen LogP contribution in [0.2, 0.25) is 0 Å². The van der Waals surface area contributed by atoms with Crippen LogP contribution in [0.3, 0.4) is 0 Å². The Bertz CT molecular complexity index is 518. The number of rotatable bonds is 4. The number of carboxylic acids is 1. The Labute approximate surface area is 113 Å². The lowest BCUT2D eigenvalue weighted by atomic mass is 9.99. The largest absolute Gasteiger partial charge is 0.479 e. The van der Waals surface area contributed by atoms with Gasteiger partial charge in [-0.25, -0.2) is 4.79 Å². The van der Waals surface area contributed by atoms with Gasteiger partial charge in [-0.3, -0.25) is 4.79 Å². The molecule has 2 aliphatic rings. The molecular formula is C12H14N2O4S. The Balaban J connectivity index is 1.73. The number of hydrogen-bond acceptors (Lipinski definition) is 5. The number of carbonyl (C=O) groups is 2. The maximum atomic E-state index is 12.0. The molecule has 7 heteroatoms. The molecule has 6 nitrogen and oxygen atoms in total. The SMILES string of the molecule is O=C(NC1(C(=O)O)CCSC1)c1cc(C2CC2)no1. The number of thioether (sulfide) groups is 1. The lowest BCUT2D eigenvalue weighted by Gasteiger charge is -2.23. The minimum Gasteiger partial charge on any atom is -0.479 e. The van der Waals surface area contributed by atoms with Crippen LogP contribution in [-0.2, 0) is 4.79 Å². The van der Waals surface area contributed by atoms with Crippen LogP contribution in [0, 0.1) is 0 Å². The molecule has 1 aliphatic heterocycles. The molecular weight excluding hydrogens is 268 g/mol. The maximum absolute atomic E-state index is 12.0. The lowest BCUT2D eigenvalue weighted by Crippen LogP contribution is -2.54. The fourth-order valence-electron chi connectivity index (χ4n) is 2.13. The van der Waals surface area contributed by atoms with Gasteiger partial charge in [0.1, 0.15) is 5.54 Å². The smallest absolute Gasteiger partial charge is 0.330 e. The molecule has 2 N–H and O–H groups in total. The van der Waals surface area contributed by atoms with Crippen LogP contribution in [0.1, 0.15) is 41.4 Å². The van der Waals surface area contributed by atoms with Crippen LogP contribution in [0.4, 0.5) is 0 Å². The first-order valence-corrected chi connectivity index (χ1v) is 7.36. The molecule has 1 aliphatic carbocycles. The molecule has 0 bridgehead atoms. The van der Waals surface area contributed by atoms with Crippen molar-refractivity contribution in [2.45, 2.75) is 30.7 Å². The minimum absolute atomic E-state index is 0.0967. The summed E-state index contributed by atoms with van der Waals surface area (Å²) in [6.07, 6.45) is 2.58. The van der Waals surface area contributed by atoms with Crippen molar-refractivity contribution in [3.8, 4) is 0 Å². The first kappa shape index (κ1) is 12.5. The highest BCUT2D eigenvalue weighted by Gasteiger charge is 2.44. The van der Waals surface area contributed by atoms with Crippen LogP contribution in [0.25, 0.3) is 0 Å². The van der Waals surface area contributed by atoms with E-state index in [2.05, 4.69) is 10.5 Å². The van der Waals surface area contributed by atoms with Crippen LogP contribution < -0.4 is 5.32 Å². The second kappa shape index (κ2) is 4.56. The number of carbonyl (C=O) groups excluding carboxylic acids is 1. The molecule has 0 radical (unpaired) electrons. The predicted octanol–water partition coefficient (Wildman–Crippen LogP) is 1.24. The molecule has 3 rings (SSSR count). The molecule has 1 atom stereocenters. The summed E-state index contributed by atoms with van der Waals surface area (Å²) in [5.74, 6) is 0.130. The zero-order valence-electron chi connectivity index (χ0n) is 10.2. The van der Waals surface area contributed by atoms with Gasteiger partial charge in [-0.1, -0.05) is 5.16 Å². The van der Waals surface area contributed by atoms with Crippen molar-refractivity contribution in [3.63, 3.8) is 0 Å². The molecule has 0 spiro atoms. The van der Waals surface area contributed by atoms with Gasteiger partial charge in [0.15, 0.2) is 0 Å². The van der Waals surface area contributed by atoms with Crippen LogP contribution in [0.15, 0.2) is 10.6 Å². The van der Waals surface area contributed by atoms with E-state index >= 15 is 0 Å². The molecule has 0 aromatic carbocycles. The average Bonchev–Trinajstić information content (AvgIpc) is 2.93. The Morgan fingerprint density at radius 1 is 1.53 bits per heavy atom. The third-order valence-electron chi connectivity index (χ3n) is 3.53. The van der Waals surface area contributed by atoms with Crippen molar-refractivity contribution in [1.29, 1.82) is 0 Å². The van der Waals surface area contributed by atoms with Crippen LogP contribution >= 0.6 is 11.8 Å². The van der Waals surface area contributed by atoms with Gasteiger partial charge >= 0.3 is 5.97 Å². The predicted molar refractivity (Wildman–Crippen MR) is 68.3 cm³/mol. The Hall–Kier alpha value is -1.50. The second-order valence-electron chi connectivity index (χ2n) is 5.03. The summed E-state index contributed by atoms with van der Waals surface area (Å²) in [6.45, 7) is 0. The van der Waals surface area contributed by atoms with Gasteiger partial charge in [-0.15, -0.1) is 0 Å². The molecule has 1 saturated carbocycles. The number of aromatic nitrogens is 1. The second-order valence-corrected chi connectivity index (χ2v) is 6.14. The van der Waals surface area contributed by atoms with Gasteiger partial charge in [0.2, 0.25) is 5.76 Å². The van der Waals surface area contributed by atoms with E-state index in [4.69, 9.17) is 4.52 Å². The summed E-state index contributed by atoms with van der Waals surface area (Å²) in [6, 6.07) is 1.62. The highest BCUT2D eigenvalue weighted by atomic mass is 32.2. The summed E-state index contributed by atoms with van der Waals surface area (Å²) >= 11 is 1.52. The van der Waals surface area contributed by atoms with Gasteiger partial charge in [0.25, 0.3) is 5.91 Å². The zero-order valence-corrected chi connectivity index (χ0v) is 11.0. The first-order valence-electron chi connectivity index (χ1n) is 6.21. The van der Waals surface area contributed by atoms with Crippen molar-refractivity contribution in [1.82, 2.24) is 10.5 Å². The summed E-state index contributed by atoms with van der Waals surface area (Å²) in [5.41, 5.74) is -0.385. The summed E-state index contributed by atoms with van der Waals surface area (Å²) in [5, 5.41) is 15.7. The van der Waals surface area contributed by atoms with E-state index in [1.54, 1.807) is 6.07 Å². The van der Waals surface area contributed by atoms with E-state index in [-0.39, 0.29) is 5.76 Å². The van der Waals surface area contributed by atoms with E-state index in [1.807, 2.05) is 0 Å². The van der Waals surface area contributed by atoms with Gasteiger partial charge in [-0.2, -0.15) is 11.8 Å². The van der Waals surface area contributed by atoms with Crippen molar-refractivity contribution >= 4 is 23.6 Å². The fraction of sp³-hybridized carbons (Fsp3) is 0.583. The molecule has 1 aromatic rings. The minimum atomic E-state index is -1.17. The standard InChI is InChI=1S/C12H14N2O4S/c15-10(9-5-8(14-18-9)7-1-2-7)13-12(11(16)17)3-4-19-6-12/h5,7H,1-4,6H2,(H,13,15)(H,16,17). The Morgan fingerprint density at radius 3 is 2.89 bits per heavy atom. The number of carboxylic acid groups (broad SMARTS) is 1. The van der Waals surface area contributed by atoms with E-state index in [0.29, 0.717) is 18.1 Å². The van der Waals surface area contributed by atoms with Crippen molar-refractivity contribution in [2.24, 2.45) is 0 Å². The van der Waals surface area contributed by atoms with E-state index in [0.717, 1.165) is 24.3 Å². The number of nitrogens with zero attached hydrogens (tertiary/aromatic N) is 1. The fourth-order valence-corrected chi connectivity index (χ4v) is 3.46. The highest BCUT2D eigenvalue weighted by molar-refractivity contribution is 7.99. The number of nitrogens with one attached hydrogen (secondary N) is 1. The van der Waals surface area contributed by atoms with E-state index in [1.165, 1.54) is 11.8 Å². The third kappa shape index (κ3) is 2.34. The summed E-state index contributed by atoms with van der Waals surface area (Å²) in [7, 11) is 0. The summed E-state index contributed by atoms with van der Waals surface area (Å²) in [4.78, 5) is 23.4. The number of amides is 1. The molecule has 19 heavy (non-hydrogen) atoms. The average molecular weight is 282 g/mol. The molecule has 2 heterocycles. The Morgan fingerprint density at radius 2 is 2.32 bits per heavy atom. The zero-order chi connectivity index (χ0) is 13.5. The molecule has 102 valence electrons. The van der Waals surface area contributed by atoms with Gasteiger partial charge in [0, 0.05) is 17.7 Å². The van der Waals surface area contributed by atoms with E-state index < -0.39 is 17.4 Å².